The minimum Gasteiger partial charge on any atom is -0.478 e. The van der Waals surface area contributed by atoms with Crippen LogP contribution < -0.4 is 10.6 Å². The first kappa shape index (κ1) is 27.9. The third kappa shape index (κ3) is 11.2. The van der Waals surface area contributed by atoms with Crippen molar-refractivity contribution in [1.29, 1.82) is 0 Å². The van der Waals surface area contributed by atoms with Crippen LogP contribution in [0.1, 0.15) is 36.8 Å². The minimum absolute atomic E-state index is 0.558. The molecule has 2 unspecified atom stereocenters. The number of rotatable bonds is 10. The quantitative estimate of drug-likeness (QED) is 0.322. The first-order chi connectivity index (χ1) is 16.3. The van der Waals surface area contributed by atoms with E-state index in [0.29, 0.717) is 12.2 Å². The molecule has 2 aromatic rings. The SMILES string of the molecule is Clc1ccccc1CNCC1CCCC(CNCc2ccccc2Cl)C1.O=C(O)/C=C\C(=O)O. The highest BCUT2D eigenvalue weighted by molar-refractivity contribution is 6.31. The van der Waals surface area contributed by atoms with E-state index in [0.717, 1.165) is 48.1 Å². The van der Waals surface area contributed by atoms with E-state index in [1.54, 1.807) is 0 Å². The lowest BCUT2D eigenvalue weighted by Crippen LogP contribution is -2.31. The number of carboxylic acid groups (broad SMARTS) is 2. The maximum atomic E-state index is 9.55. The van der Waals surface area contributed by atoms with Gasteiger partial charge in [-0.2, -0.15) is 0 Å². The van der Waals surface area contributed by atoms with Gasteiger partial charge in [0, 0.05) is 35.3 Å². The second kappa shape index (κ2) is 15.5. The molecule has 34 heavy (non-hydrogen) atoms. The second-order valence-electron chi connectivity index (χ2n) is 8.35. The zero-order valence-corrected chi connectivity index (χ0v) is 20.6. The summed E-state index contributed by atoms with van der Waals surface area (Å²) in [7, 11) is 0. The molecule has 0 bridgehead atoms. The summed E-state index contributed by atoms with van der Waals surface area (Å²) in [5, 5.41) is 24.5. The maximum absolute atomic E-state index is 9.55. The normalized spacial score (nSPS) is 17.7. The van der Waals surface area contributed by atoms with Crippen molar-refractivity contribution in [3.63, 3.8) is 0 Å². The van der Waals surface area contributed by atoms with Crippen molar-refractivity contribution in [2.75, 3.05) is 13.1 Å². The first-order valence-electron chi connectivity index (χ1n) is 11.4. The van der Waals surface area contributed by atoms with Crippen LogP contribution in [0.4, 0.5) is 0 Å². The molecule has 2 aromatic carbocycles. The maximum Gasteiger partial charge on any atom is 0.328 e. The molecule has 184 valence electrons. The van der Waals surface area contributed by atoms with E-state index in [-0.39, 0.29) is 0 Å². The fourth-order valence-electron chi connectivity index (χ4n) is 4.02. The van der Waals surface area contributed by atoms with Crippen molar-refractivity contribution >= 4 is 35.1 Å². The van der Waals surface area contributed by atoms with Crippen molar-refractivity contribution in [3.05, 3.63) is 81.9 Å². The van der Waals surface area contributed by atoms with Gasteiger partial charge in [-0.25, -0.2) is 9.59 Å². The van der Waals surface area contributed by atoms with E-state index in [1.807, 2.05) is 36.4 Å². The molecule has 3 rings (SSSR count). The summed E-state index contributed by atoms with van der Waals surface area (Å²) in [5.74, 6) is -0.989. The Bertz CT molecular complexity index is 878. The Morgan fingerprint density at radius 3 is 1.59 bits per heavy atom. The van der Waals surface area contributed by atoms with E-state index in [9.17, 15) is 9.59 Å². The third-order valence-electron chi connectivity index (χ3n) is 5.67. The molecule has 0 amide bonds. The highest BCUT2D eigenvalue weighted by Crippen LogP contribution is 2.28. The number of carbonyl (C=O) groups is 2. The Morgan fingerprint density at radius 1 is 0.794 bits per heavy atom. The van der Waals surface area contributed by atoms with E-state index in [4.69, 9.17) is 33.4 Å². The van der Waals surface area contributed by atoms with Crippen LogP contribution in [0.2, 0.25) is 10.0 Å². The average Bonchev–Trinajstić information content (AvgIpc) is 2.81. The van der Waals surface area contributed by atoms with Gasteiger partial charge >= 0.3 is 11.9 Å². The molecule has 0 aliphatic heterocycles. The van der Waals surface area contributed by atoms with Gasteiger partial charge in [-0.3, -0.25) is 0 Å². The van der Waals surface area contributed by atoms with E-state index < -0.39 is 11.9 Å². The zero-order chi connectivity index (χ0) is 24.8. The summed E-state index contributed by atoms with van der Waals surface area (Å²) in [6, 6.07) is 16.2. The van der Waals surface area contributed by atoms with Crippen LogP contribution in [0.3, 0.4) is 0 Å². The topological polar surface area (TPSA) is 98.7 Å². The smallest absolute Gasteiger partial charge is 0.328 e. The van der Waals surface area contributed by atoms with Crippen molar-refractivity contribution in [2.24, 2.45) is 11.8 Å². The van der Waals surface area contributed by atoms with E-state index in [1.165, 1.54) is 36.8 Å². The van der Waals surface area contributed by atoms with Crippen LogP contribution in [0.15, 0.2) is 60.7 Å². The summed E-state index contributed by atoms with van der Waals surface area (Å²) in [4.78, 5) is 19.1. The average molecular weight is 507 g/mol. The van der Waals surface area contributed by atoms with E-state index in [2.05, 4.69) is 22.8 Å². The molecule has 1 aliphatic carbocycles. The summed E-state index contributed by atoms with van der Waals surface area (Å²) >= 11 is 12.5. The number of carboxylic acids is 2. The predicted molar refractivity (Wildman–Crippen MR) is 136 cm³/mol. The number of aliphatic carboxylic acids is 2. The van der Waals surface area contributed by atoms with Crippen LogP contribution in [0.5, 0.6) is 0 Å². The highest BCUT2D eigenvalue weighted by Gasteiger charge is 2.21. The molecule has 0 saturated heterocycles. The molecular weight excluding hydrogens is 475 g/mol. The summed E-state index contributed by atoms with van der Waals surface area (Å²) in [5.41, 5.74) is 2.37. The number of hydrogen-bond acceptors (Lipinski definition) is 4. The molecule has 0 spiro atoms. The lowest BCUT2D eigenvalue weighted by Gasteiger charge is -2.29. The van der Waals surface area contributed by atoms with Gasteiger partial charge in [0.15, 0.2) is 0 Å². The van der Waals surface area contributed by atoms with Gasteiger partial charge in [0.25, 0.3) is 0 Å². The molecule has 1 aliphatic rings. The molecule has 6 nitrogen and oxygen atoms in total. The Labute approximate surface area is 211 Å². The summed E-state index contributed by atoms with van der Waals surface area (Å²) in [6.45, 7) is 3.86. The van der Waals surface area contributed by atoms with E-state index >= 15 is 0 Å². The van der Waals surface area contributed by atoms with Gasteiger partial charge < -0.3 is 20.8 Å². The lowest BCUT2D eigenvalue weighted by atomic mass is 9.81. The molecule has 1 saturated carbocycles. The Balaban J connectivity index is 0.000000440. The van der Waals surface area contributed by atoms with Crippen LogP contribution in [0, 0.1) is 11.8 Å². The third-order valence-corrected chi connectivity index (χ3v) is 6.41. The summed E-state index contributed by atoms with van der Waals surface area (Å²) < 4.78 is 0. The Morgan fingerprint density at radius 2 is 1.21 bits per heavy atom. The fourth-order valence-corrected chi connectivity index (χ4v) is 4.43. The van der Waals surface area contributed by atoms with Crippen molar-refractivity contribution < 1.29 is 19.8 Å². The molecular formula is C26H32Cl2N2O4. The molecule has 0 radical (unpaired) electrons. The monoisotopic (exact) mass is 506 g/mol. The van der Waals surface area contributed by atoms with Crippen molar-refractivity contribution in [3.8, 4) is 0 Å². The van der Waals surface area contributed by atoms with Crippen molar-refractivity contribution in [2.45, 2.75) is 38.8 Å². The van der Waals surface area contributed by atoms with Gasteiger partial charge in [0.1, 0.15) is 0 Å². The number of halogens is 2. The number of nitrogens with one attached hydrogen (secondary N) is 2. The van der Waals surface area contributed by atoms with Crippen LogP contribution in [0.25, 0.3) is 0 Å². The standard InChI is InChI=1S/C22H28Cl2N2.C4H4O4/c23-21-10-3-1-8-19(21)15-25-13-17-6-5-7-18(12-17)14-26-16-20-9-2-4-11-22(20)24;5-3(6)1-2-4(7)8/h1-4,8-11,17-18,25-26H,5-7,12-16H2;1-2H,(H,5,6)(H,7,8)/b;2-1-. The largest absolute Gasteiger partial charge is 0.478 e. The Hall–Kier alpha value is -2.38. The Kier molecular flexibility index (Phi) is 12.7. The number of hydrogen-bond donors (Lipinski definition) is 4. The lowest BCUT2D eigenvalue weighted by molar-refractivity contribution is -0.134. The van der Waals surface area contributed by atoms with Gasteiger partial charge in [-0.1, -0.05) is 66.0 Å². The van der Waals surface area contributed by atoms with Crippen molar-refractivity contribution in [1.82, 2.24) is 10.6 Å². The van der Waals surface area contributed by atoms with Crippen LogP contribution >= 0.6 is 23.2 Å². The molecule has 8 heteroatoms. The fraction of sp³-hybridized carbons (Fsp3) is 0.385. The van der Waals surface area contributed by atoms with Gasteiger partial charge in [-0.05, 0) is 67.4 Å². The first-order valence-corrected chi connectivity index (χ1v) is 12.1. The summed E-state index contributed by atoms with van der Waals surface area (Å²) in [6.07, 6.45) is 6.40. The van der Waals surface area contributed by atoms with Crippen LogP contribution in [-0.2, 0) is 22.7 Å². The highest BCUT2D eigenvalue weighted by atomic mass is 35.5. The minimum atomic E-state index is -1.26. The molecule has 0 heterocycles. The zero-order valence-electron chi connectivity index (χ0n) is 19.1. The molecule has 1 fully saturated rings. The molecule has 2 atom stereocenters. The predicted octanol–water partition coefficient (Wildman–Crippen LogP) is 5.39. The second-order valence-corrected chi connectivity index (χ2v) is 9.17. The van der Waals surface area contributed by atoms with Crippen LogP contribution in [-0.4, -0.2) is 35.2 Å². The molecule has 0 aromatic heterocycles. The van der Waals surface area contributed by atoms with Gasteiger partial charge in [-0.15, -0.1) is 0 Å². The number of benzene rings is 2. The molecule has 4 N–H and O–H groups in total. The van der Waals surface area contributed by atoms with Gasteiger partial charge in [0.05, 0.1) is 0 Å². The van der Waals surface area contributed by atoms with Gasteiger partial charge in [0.2, 0.25) is 0 Å².